The average molecular weight is 317 g/mol. The zero-order valence-corrected chi connectivity index (χ0v) is 13.4. The number of pyridine rings is 1. The summed E-state index contributed by atoms with van der Waals surface area (Å²) >= 11 is 6.03. The van der Waals surface area contributed by atoms with Crippen LogP contribution in [0.15, 0.2) is 48.7 Å². The third-order valence-electron chi connectivity index (χ3n) is 4.40. The Labute approximate surface area is 136 Å². The second kappa shape index (κ2) is 7.23. The van der Waals surface area contributed by atoms with Crippen molar-refractivity contribution < 1.29 is 4.74 Å². The Kier molecular flexibility index (Phi) is 5.08. The minimum Gasteiger partial charge on any atom is -0.381 e. The maximum atomic E-state index is 6.03. The lowest BCUT2D eigenvalue weighted by molar-refractivity contribution is 0.0497. The maximum absolute atomic E-state index is 6.03. The van der Waals surface area contributed by atoms with Crippen LogP contribution in [0.1, 0.15) is 24.1 Å². The number of aromatic nitrogens is 1. The van der Waals surface area contributed by atoms with Gasteiger partial charge in [0.2, 0.25) is 0 Å². The molecule has 1 N–H and O–H groups in total. The van der Waals surface area contributed by atoms with Gasteiger partial charge in [-0.15, -0.1) is 0 Å². The van der Waals surface area contributed by atoms with E-state index in [1.807, 2.05) is 36.5 Å². The number of hydrogen-bond donors (Lipinski definition) is 1. The van der Waals surface area contributed by atoms with Crippen LogP contribution in [0, 0.1) is 0 Å². The van der Waals surface area contributed by atoms with Crippen LogP contribution in [0.5, 0.6) is 0 Å². The molecule has 0 radical (unpaired) electrons. The van der Waals surface area contributed by atoms with E-state index in [2.05, 4.69) is 22.4 Å². The van der Waals surface area contributed by atoms with Gasteiger partial charge in [-0.3, -0.25) is 4.98 Å². The number of nitrogens with one attached hydrogen (secondary N) is 1. The predicted molar refractivity (Wildman–Crippen MR) is 89.1 cm³/mol. The van der Waals surface area contributed by atoms with E-state index in [1.54, 1.807) is 0 Å². The summed E-state index contributed by atoms with van der Waals surface area (Å²) in [5.41, 5.74) is 2.53. The fourth-order valence-electron chi connectivity index (χ4n) is 3.07. The Bertz CT molecular complexity index is 580. The molecule has 2 aromatic rings. The Hall–Kier alpha value is -1.42. The SMILES string of the molecule is Clc1ccc(C2(CNCc3ccccn3)CCOCC2)cc1. The van der Waals surface area contributed by atoms with E-state index in [-0.39, 0.29) is 5.41 Å². The van der Waals surface area contributed by atoms with Crippen molar-refractivity contribution in [1.82, 2.24) is 10.3 Å². The van der Waals surface area contributed by atoms with Crippen LogP contribution < -0.4 is 5.32 Å². The summed E-state index contributed by atoms with van der Waals surface area (Å²) in [6.07, 6.45) is 3.90. The number of halogens is 1. The highest BCUT2D eigenvalue weighted by molar-refractivity contribution is 6.30. The largest absolute Gasteiger partial charge is 0.381 e. The molecule has 116 valence electrons. The highest BCUT2D eigenvalue weighted by atomic mass is 35.5. The molecule has 4 heteroatoms. The monoisotopic (exact) mass is 316 g/mol. The minimum atomic E-state index is 0.123. The third-order valence-corrected chi connectivity index (χ3v) is 4.65. The van der Waals surface area contributed by atoms with E-state index in [9.17, 15) is 0 Å². The summed E-state index contributed by atoms with van der Waals surface area (Å²) in [6.45, 7) is 3.34. The maximum Gasteiger partial charge on any atom is 0.0541 e. The van der Waals surface area contributed by atoms with Gasteiger partial charge in [-0.1, -0.05) is 29.8 Å². The first-order valence-electron chi connectivity index (χ1n) is 7.73. The van der Waals surface area contributed by atoms with Crippen LogP contribution in [0.2, 0.25) is 5.02 Å². The average Bonchev–Trinajstić information content (AvgIpc) is 2.57. The van der Waals surface area contributed by atoms with Gasteiger partial charge in [-0.05, 0) is 42.7 Å². The number of nitrogens with zero attached hydrogens (tertiary/aromatic N) is 1. The first-order chi connectivity index (χ1) is 10.8. The van der Waals surface area contributed by atoms with Crippen LogP contribution >= 0.6 is 11.6 Å². The van der Waals surface area contributed by atoms with Crippen molar-refractivity contribution in [3.63, 3.8) is 0 Å². The molecule has 0 aliphatic carbocycles. The van der Waals surface area contributed by atoms with Crippen LogP contribution in [-0.2, 0) is 16.7 Å². The first kappa shape index (κ1) is 15.5. The van der Waals surface area contributed by atoms with Crippen molar-refractivity contribution in [1.29, 1.82) is 0 Å². The van der Waals surface area contributed by atoms with Gasteiger partial charge in [-0.25, -0.2) is 0 Å². The predicted octanol–water partition coefficient (Wildman–Crippen LogP) is 3.57. The molecular weight excluding hydrogens is 296 g/mol. The molecule has 1 saturated heterocycles. The quantitative estimate of drug-likeness (QED) is 0.915. The lowest BCUT2D eigenvalue weighted by atomic mass is 9.74. The van der Waals surface area contributed by atoms with Gasteiger partial charge in [0.1, 0.15) is 0 Å². The van der Waals surface area contributed by atoms with Crippen molar-refractivity contribution in [2.45, 2.75) is 24.8 Å². The summed E-state index contributed by atoms with van der Waals surface area (Å²) in [5.74, 6) is 0. The van der Waals surface area contributed by atoms with Crippen LogP contribution in [0.3, 0.4) is 0 Å². The Morgan fingerprint density at radius 3 is 2.55 bits per heavy atom. The van der Waals surface area contributed by atoms with Crippen molar-refractivity contribution in [3.05, 3.63) is 64.9 Å². The third kappa shape index (κ3) is 3.67. The summed E-state index contributed by atoms with van der Waals surface area (Å²) in [6, 6.07) is 14.3. The molecule has 0 atom stereocenters. The second-order valence-corrected chi connectivity index (χ2v) is 6.26. The fourth-order valence-corrected chi connectivity index (χ4v) is 3.19. The standard InChI is InChI=1S/C18H21ClN2O/c19-16-6-4-15(5-7-16)18(8-11-22-12-9-18)14-20-13-17-3-1-2-10-21-17/h1-7,10,20H,8-9,11-14H2. The van der Waals surface area contributed by atoms with Crippen molar-refractivity contribution in [3.8, 4) is 0 Å². The van der Waals surface area contributed by atoms with Gasteiger partial charge < -0.3 is 10.1 Å². The second-order valence-electron chi connectivity index (χ2n) is 5.82. The van der Waals surface area contributed by atoms with Crippen LogP contribution in [0.4, 0.5) is 0 Å². The number of benzene rings is 1. The molecule has 1 aliphatic heterocycles. The van der Waals surface area contributed by atoms with Gasteiger partial charge in [-0.2, -0.15) is 0 Å². The normalized spacial score (nSPS) is 17.3. The zero-order valence-electron chi connectivity index (χ0n) is 12.6. The molecule has 22 heavy (non-hydrogen) atoms. The summed E-state index contributed by atoms with van der Waals surface area (Å²) < 4.78 is 5.57. The van der Waals surface area contributed by atoms with E-state index < -0.39 is 0 Å². The van der Waals surface area contributed by atoms with E-state index in [0.29, 0.717) is 0 Å². The minimum absolute atomic E-state index is 0.123. The molecule has 0 bridgehead atoms. The molecule has 0 amide bonds. The number of ether oxygens (including phenoxy) is 1. The molecule has 3 rings (SSSR count). The smallest absolute Gasteiger partial charge is 0.0541 e. The molecule has 0 unspecified atom stereocenters. The van der Waals surface area contributed by atoms with E-state index in [4.69, 9.17) is 16.3 Å². The highest BCUT2D eigenvalue weighted by Gasteiger charge is 2.34. The highest BCUT2D eigenvalue weighted by Crippen LogP contribution is 2.34. The Morgan fingerprint density at radius 2 is 1.86 bits per heavy atom. The molecule has 2 heterocycles. The Balaban J connectivity index is 1.70. The van der Waals surface area contributed by atoms with Crippen LogP contribution in [0.25, 0.3) is 0 Å². The summed E-state index contributed by atoms with van der Waals surface area (Å²) in [7, 11) is 0. The molecule has 1 aromatic carbocycles. The lowest BCUT2D eigenvalue weighted by Gasteiger charge is -2.38. The first-order valence-corrected chi connectivity index (χ1v) is 8.11. The molecule has 1 fully saturated rings. The van der Waals surface area contributed by atoms with E-state index in [0.717, 1.165) is 49.9 Å². The van der Waals surface area contributed by atoms with Gasteiger partial charge in [0.05, 0.1) is 5.69 Å². The van der Waals surface area contributed by atoms with Crippen molar-refractivity contribution >= 4 is 11.6 Å². The number of hydrogen-bond acceptors (Lipinski definition) is 3. The fraction of sp³-hybridized carbons (Fsp3) is 0.389. The number of rotatable bonds is 5. The lowest BCUT2D eigenvalue weighted by Crippen LogP contribution is -2.42. The summed E-state index contributed by atoms with van der Waals surface area (Å²) in [4.78, 5) is 4.36. The van der Waals surface area contributed by atoms with Gasteiger partial charge in [0, 0.05) is 42.9 Å². The van der Waals surface area contributed by atoms with Crippen molar-refractivity contribution in [2.24, 2.45) is 0 Å². The molecule has 0 spiro atoms. The van der Waals surface area contributed by atoms with Gasteiger partial charge >= 0.3 is 0 Å². The van der Waals surface area contributed by atoms with E-state index >= 15 is 0 Å². The molecule has 3 nitrogen and oxygen atoms in total. The topological polar surface area (TPSA) is 34.2 Å². The zero-order chi connectivity index (χ0) is 15.3. The molecular formula is C18H21ClN2O. The van der Waals surface area contributed by atoms with Gasteiger partial charge in [0.25, 0.3) is 0 Å². The van der Waals surface area contributed by atoms with Crippen LogP contribution in [-0.4, -0.2) is 24.7 Å². The Morgan fingerprint density at radius 1 is 1.09 bits per heavy atom. The van der Waals surface area contributed by atoms with Crippen molar-refractivity contribution in [2.75, 3.05) is 19.8 Å². The molecule has 1 aromatic heterocycles. The molecule has 1 aliphatic rings. The van der Waals surface area contributed by atoms with E-state index in [1.165, 1.54) is 5.56 Å². The molecule has 0 saturated carbocycles. The van der Waals surface area contributed by atoms with Gasteiger partial charge in [0.15, 0.2) is 0 Å². The summed E-state index contributed by atoms with van der Waals surface area (Å²) in [5, 5.41) is 4.36.